The van der Waals surface area contributed by atoms with E-state index in [1.807, 2.05) is 30.1 Å². The van der Waals surface area contributed by atoms with Gasteiger partial charge in [-0.3, -0.25) is 9.59 Å². The number of pyridine rings is 2. The summed E-state index contributed by atoms with van der Waals surface area (Å²) in [6.07, 6.45) is 9.25. The van der Waals surface area contributed by atoms with Crippen LogP contribution in [-0.4, -0.2) is 47.0 Å². The first kappa shape index (κ1) is 20.2. The summed E-state index contributed by atoms with van der Waals surface area (Å²) in [7, 11) is 1.83. The van der Waals surface area contributed by atoms with E-state index in [-0.39, 0.29) is 17.5 Å². The van der Waals surface area contributed by atoms with Gasteiger partial charge in [-0.2, -0.15) is 0 Å². The van der Waals surface area contributed by atoms with Crippen LogP contribution in [0.5, 0.6) is 0 Å². The fourth-order valence-corrected chi connectivity index (χ4v) is 4.39. The van der Waals surface area contributed by atoms with Crippen molar-refractivity contribution < 1.29 is 4.79 Å². The van der Waals surface area contributed by atoms with Crippen molar-refractivity contribution in [3.8, 4) is 11.1 Å². The Balaban J connectivity index is 1.57. The lowest BCUT2D eigenvalue weighted by atomic mass is 9.87. The number of rotatable bonds is 7. The normalized spacial score (nSPS) is 19.8. The molecular formula is C23H29N5O2. The van der Waals surface area contributed by atoms with Gasteiger partial charge in [0.2, 0.25) is 5.91 Å². The number of anilines is 2. The second-order valence-electron chi connectivity index (χ2n) is 8.21. The third-order valence-corrected chi connectivity index (χ3v) is 6.16. The van der Waals surface area contributed by atoms with E-state index in [1.165, 1.54) is 6.08 Å². The molecule has 1 aliphatic carbocycles. The summed E-state index contributed by atoms with van der Waals surface area (Å²) in [6.45, 7) is 5.12. The number of nitrogens with one attached hydrogen (secondary N) is 3. The SMILES string of the molecule is C=CC(=O)N1CCCC([C@H](Nc2cc(-c3ccnc(NC)c3)c[nH]c2=O)C2CC2)C1. The summed E-state index contributed by atoms with van der Waals surface area (Å²) in [4.78, 5) is 33.7. The van der Waals surface area contributed by atoms with Crippen LogP contribution in [0.3, 0.4) is 0 Å². The number of amides is 1. The number of nitrogens with zero attached hydrogens (tertiary/aromatic N) is 2. The van der Waals surface area contributed by atoms with Gasteiger partial charge in [-0.25, -0.2) is 4.98 Å². The van der Waals surface area contributed by atoms with Crippen LogP contribution in [0.1, 0.15) is 25.7 Å². The maximum absolute atomic E-state index is 12.6. The van der Waals surface area contributed by atoms with Crippen molar-refractivity contribution in [2.75, 3.05) is 30.8 Å². The number of carbonyl (C=O) groups is 1. The van der Waals surface area contributed by atoms with Crippen molar-refractivity contribution in [2.24, 2.45) is 11.8 Å². The van der Waals surface area contributed by atoms with E-state index in [0.29, 0.717) is 24.1 Å². The smallest absolute Gasteiger partial charge is 0.271 e. The van der Waals surface area contributed by atoms with Gasteiger partial charge in [0.15, 0.2) is 0 Å². The summed E-state index contributed by atoms with van der Waals surface area (Å²) in [5.74, 6) is 1.65. The molecule has 0 aromatic carbocycles. The monoisotopic (exact) mass is 407 g/mol. The standard InChI is InChI=1S/C23H29N5O2/c1-3-21(29)28-10-4-5-17(14-28)22(15-6-7-15)27-19-11-18(13-26-23(19)30)16-8-9-25-20(12-16)24-2/h3,8-9,11-13,15,17,22,27H,1,4-7,10,14H2,2H3,(H,24,25)(H,26,30)/t17?,22-/m1/s1. The van der Waals surface area contributed by atoms with Gasteiger partial charge in [0.05, 0.1) is 0 Å². The lowest BCUT2D eigenvalue weighted by molar-refractivity contribution is -0.127. The Labute approximate surface area is 176 Å². The van der Waals surface area contributed by atoms with Crippen LogP contribution in [0, 0.1) is 11.8 Å². The second kappa shape index (κ2) is 8.73. The van der Waals surface area contributed by atoms with Gasteiger partial charge < -0.3 is 20.5 Å². The molecule has 2 atom stereocenters. The molecule has 0 bridgehead atoms. The lowest BCUT2D eigenvalue weighted by Gasteiger charge is -2.37. The zero-order chi connectivity index (χ0) is 21.1. The molecule has 1 saturated carbocycles. The van der Waals surface area contributed by atoms with Crippen LogP contribution in [0.25, 0.3) is 11.1 Å². The van der Waals surface area contributed by atoms with Crippen LogP contribution in [-0.2, 0) is 4.79 Å². The Morgan fingerprint density at radius 2 is 2.13 bits per heavy atom. The lowest BCUT2D eigenvalue weighted by Crippen LogP contribution is -2.46. The Morgan fingerprint density at radius 1 is 1.30 bits per heavy atom. The van der Waals surface area contributed by atoms with Crippen molar-refractivity contribution in [2.45, 2.75) is 31.7 Å². The number of likely N-dealkylation sites (tertiary alicyclic amines) is 1. The van der Waals surface area contributed by atoms with Crippen molar-refractivity contribution in [1.29, 1.82) is 0 Å². The van der Waals surface area contributed by atoms with E-state index in [4.69, 9.17) is 0 Å². The van der Waals surface area contributed by atoms with Crippen LogP contribution in [0.4, 0.5) is 11.5 Å². The zero-order valence-corrected chi connectivity index (χ0v) is 17.4. The summed E-state index contributed by atoms with van der Waals surface area (Å²) < 4.78 is 0. The maximum Gasteiger partial charge on any atom is 0.271 e. The number of H-pyrrole nitrogens is 1. The predicted octanol–water partition coefficient (Wildman–Crippen LogP) is 3.09. The minimum Gasteiger partial charge on any atom is -0.377 e. The molecule has 1 aliphatic heterocycles. The van der Waals surface area contributed by atoms with Crippen LogP contribution in [0.2, 0.25) is 0 Å². The van der Waals surface area contributed by atoms with Gasteiger partial charge in [0.25, 0.3) is 5.56 Å². The third kappa shape index (κ3) is 4.40. The molecule has 30 heavy (non-hydrogen) atoms. The average molecular weight is 408 g/mol. The Hall–Kier alpha value is -3.09. The summed E-state index contributed by atoms with van der Waals surface area (Å²) >= 11 is 0. The molecule has 2 aromatic rings. The molecule has 7 nitrogen and oxygen atoms in total. The maximum atomic E-state index is 12.6. The fraction of sp³-hybridized carbons (Fsp3) is 0.435. The summed E-state index contributed by atoms with van der Waals surface area (Å²) in [5, 5.41) is 6.60. The van der Waals surface area contributed by atoms with Crippen molar-refractivity contribution in [1.82, 2.24) is 14.9 Å². The van der Waals surface area contributed by atoms with E-state index in [1.54, 1.807) is 12.4 Å². The number of piperidine rings is 1. The number of hydrogen-bond donors (Lipinski definition) is 3. The van der Waals surface area contributed by atoms with E-state index in [9.17, 15) is 9.59 Å². The Bertz CT molecular complexity index is 982. The molecule has 0 spiro atoms. The first-order valence-corrected chi connectivity index (χ1v) is 10.6. The third-order valence-electron chi connectivity index (χ3n) is 6.16. The molecule has 3 N–H and O–H groups in total. The van der Waals surface area contributed by atoms with Gasteiger partial charge in [0.1, 0.15) is 11.5 Å². The number of hydrogen-bond acceptors (Lipinski definition) is 5. The van der Waals surface area contributed by atoms with Crippen molar-refractivity contribution >= 4 is 17.4 Å². The minimum absolute atomic E-state index is 0.00730. The first-order valence-electron chi connectivity index (χ1n) is 10.6. The van der Waals surface area contributed by atoms with Crippen LogP contribution >= 0.6 is 0 Å². The molecule has 3 heterocycles. The van der Waals surface area contributed by atoms with Gasteiger partial charge in [-0.1, -0.05) is 6.58 Å². The molecule has 4 rings (SSSR count). The molecule has 2 aliphatic rings. The average Bonchev–Trinajstić information content (AvgIpc) is 3.63. The highest BCUT2D eigenvalue weighted by atomic mass is 16.2. The van der Waals surface area contributed by atoms with Gasteiger partial charge >= 0.3 is 0 Å². The van der Waals surface area contributed by atoms with Crippen molar-refractivity contribution in [3.05, 3.63) is 53.6 Å². The van der Waals surface area contributed by atoms with Gasteiger partial charge in [0, 0.05) is 44.1 Å². The van der Waals surface area contributed by atoms with Crippen LogP contribution < -0.4 is 16.2 Å². The zero-order valence-electron chi connectivity index (χ0n) is 17.4. The molecule has 158 valence electrons. The van der Waals surface area contributed by atoms with Crippen LogP contribution in [0.15, 0.2) is 48.0 Å². The Kier molecular flexibility index (Phi) is 5.88. The van der Waals surface area contributed by atoms with E-state index < -0.39 is 0 Å². The highest BCUT2D eigenvalue weighted by molar-refractivity contribution is 5.87. The highest BCUT2D eigenvalue weighted by Crippen LogP contribution is 2.40. The number of carbonyl (C=O) groups excluding carboxylic acids is 1. The largest absolute Gasteiger partial charge is 0.377 e. The fourth-order valence-electron chi connectivity index (χ4n) is 4.39. The van der Waals surface area contributed by atoms with Crippen molar-refractivity contribution in [3.63, 3.8) is 0 Å². The summed E-state index contributed by atoms with van der Waals surface area (Å²) in [5.41, 5.74) is 2.37. The molecule has 1 amide bonds. The summed E-state index contributed by atoms with van der Waals surface area (Å²) in [6, 6.07) is 5.98. The van der Waals surface area contributed by atoms with Gasteiger partial charge in [-0.15, -0.1) is 0 Å². The number of aromatic amines is 1. The topological polar surface area (TPSA) is 90.1 Å². The van der Waals surface area contributed by atoms with E-state index in [0.717, 1.165) is 49.2 Å². The molecular weight excluding hydrogens is 378 g/mol. The minimum atomic E-state index is -0.123. The molecule has 2 aromatic heterocycles. The molecule has 2 fully saturated rings. The molecule has 0 radical (unpaired) electrons. The quantitative estimate of drug-likeness (QED) is 0.614. The predicted molar refractivity (Wildman–Crippen MR) is 119 cm³/mol. The van der Waals surface area contributed by atoms with E-state index >= 15 is 0 Å². The second-order valence-corrected chi connectivity index (χ2v) is 8.21. The molecule has 1 saturated heterocycles. The molecule has 1 unspecified atom stereocenters. The molecule has 7 heteroatoms. The highest BCUT2D eigenvalue weighted by Gasteiger charge is 2.39. The first-order chi connectivity index (χ1) is 14.6. The number of aromatic nitrogens is 2. The Morgan fingerprint density at radius 3 is 2.87 bits per heavy atom. The van der Waals surface area contributed by atoms with E-state index in [2.05, 4.69) is 27.2 Å². The van der Waals surface area contributed by atoms with Gasteiger partial charge in [-0.05, 0) is 67.4 Å².